The molecule has 1 aromatic rings. The number of benzene rings is 1. The number of carbonyl (C=O) groups is 1. The van der Waals surface area contributed by atoms with Crippen LogP contribution in [0, 0.1) is 0 Å². The summed E-state index contributed by atoms with van der Waals surface area (Å²) < 4.78 is 21.5. The second-order valence-corrected chi connectivity index (χ2v) is 5.05. The third-order valence-corrected chi connectivity index (χ3v) is 3.27. The Morgan fingerprint density at radius 1 is 1.41 bits per heavy atom. The summed E-state index contributed by atoms with van der Waals surface area (Å²) in [6.07, 6.45) is 2.85. The van der Waals surface area contributed by atoms with Crippen LogP contribution in [0.3, 0.4) is 0 Å². The van der Waals surface area contributed by atoms with Crippen molar-refractivity contribution in [3.05, 3.63) is 34.9 Å². The lowest BCUT2D eigenvalue weighted by Crippen LogP contribution is -2.02. The van der Waals surface area contributed by atoms with Crippen LogP contribution in [0.4, 0.5) is 0 Å². The molecule has 0 heterocycles. The Morgan fingerprint density at radius 2 is 2.12 bits per heavy atom. The van der Waals surface area contributed by atoms with E-state index >= 15 is 0 Å². The first kappa shape index (κ1) is 14.4. The quantitative estimate of drug-likeness (QED) is 0.591. The predicted octanol–water partition coefficient (Wildman–Crippen LogP) is 2.79. The molecule has 0 aromatic heterocycles. The molecule has 0 amide bonds. The van der Waals surface area contributed by atoms with Gasteiger partial charge in [0, 0.05) is 11.3 Å². The van der Waals surface area contributed by atoms with Gasteiger partial charge in [0.05, 0.1) is 0 Å². The average molecular weight is 274 g/mol. The van der Waals surface area contributed by atoms with Crippen LogP contribution >= 0.6 is 11.6 Å². The number of carbonyl (C=O) groups excluding carboxylic acids is 1. The lowest BCUT2D eigenvalue weighted by molar-refractivity contribution is 0.108. The first-order valence-corrected chi connectivity index (χ1v) is 7.04. The number of hydrogen-bond donors (Lipinski definition) is 0. The second-order valence-electron chi connectivity index (χ2n) is 3.81. The largest absolute Gasteiger partial charge is 0.772 e. The maximum Gasteiger partial charge on any atom is 0.252 e. The topological polar surface area (TPSA) is 57.2 Å². The molecular formula is C12H14ClO3S-. The summed E-state index contributed by atoms with van der Waals surface area (Å²) >= 11 is 3.22. The summed E-state index contributed by atoms with van der Waals surface area (Å²) in [4.78, 5) is 11.0. The molecule has 0 saturated carbocycles. The van der Waals surface area contributed by atoms with Crippen LogP contribution in [0.1, 0.15) is 41.3 Å². The minimum Gasteiger partial charge on any atom is -0.772 e. The maximum atomic E-state index is 11.0. The van der Waals surface area contributed by atoms with Crippen LogP contribution < -0.4 is 0 Å². The van der Waals surface area contributed by atoms with Crippen molar-refractivity contribution in [3.63, 3.8) is 0 Å². The maximum absolute atomic E-state index is 11.0. The molecule has 0 aliphatic heterocycles. The van der Waals surface area contributed by atoms with Crippen molar-refractivity contribution >= 4 is 27.9 Å². The van der Waals surface area contributed by atoms with Gasteiger partial charge in [0.1, 0.15) is 0 Å². The van der Waals surface area contributed by atoms with Crippen molar-refractivity contribution in [3.8, 4) is 0 Å². The highest BCUT2D eigenvalue weighted by atomic mass is 35.5. The Bertz CT molecular complexity index is 432. The van der Waals surface area contributed by atoms with E-state index in [1.54, 1.807) is 18.2 Å². The van der Waals surface area contributed by atoms with Crippen LogP contribution in [-0.4, -0.2) is 14.0 Å². The number of hydrogen-bond acceptors (Lipinski definition) is 3. The second kappa shape index (κ2) is 6.89. The van der Waals surface area contributed by atoms with Gasteiger partial charge in [-0.05, 0) is 47.7 Å². The zero-order valence-corrected chi connectivity index (χ0v) is 11.1. The number of unbranched alkanes of at least 4 members (excludes halogenated alkanes) is 1. The molecule has 0 aliphatic carbocycles. The zero-order chi connectivity index (χ0) is 12.8. The first-order chi connectivity index (χ1) is 8.04. The Kier molecular flexibility index (Phi) is 5.82. The lowest BCUT2D eigenvalue weighted by atomic mass is 10.0. The van der Waals surface area contributed by atoms with Crippen molar-refractivity contribution in [1.82, 2.24) is 0 Å². The molecule has 1 atom stereocenters. The summed E-state index contributed by atoms with van der Waals surface area (Å²) in [6.45, 7) is 2.07. The normalized spacial score (nSPS) is 12.4. The van der Waals surface area contributed by atoms with E-state index in [-0.39, 0.29) is 5.75 Å². The smallest absolute Gasteiger partial charge is 0.252 e. The van der Waals surface area contributed by atoms with E-state index < -0.39 is 16.3 Å². The van der Waals surface area contributed by atoms with Crippen LogP contribution in [-0.2, 0) is 23.3 Å². The van der Waals surface area contributed by atoms with E-state index in [9.17, 15) is 13.6 Å². The molecule has 0 saturated heterocycles. The highest BCUT2D eigenvalue weighted by molar-refractivity contribution is 7.78. The Morgan fingerprint density at radius 3 is 2.65 bits per heavy atom. The highest BCUT2D eigenvalue weighted by Crippen LogP contribution is 2.17. The molecule has 1 rings (SSSR count). The monoisotopic (exact) mass is 273 g/mol. The molecule has 0 N–H and O–H groups in total. The van der Waals surface area contributed by atoms with Gasteiger partial charge in [-0.25, -0.2) is 0 Å². The summed E-state index contributed by atoms with van der Waals surface area (Å²) in [5, 5.41) is -0.565. The highest BCUT2D eigenvalue weighted by Gasteiger charge is 2.08. The van der Waals surface area contributed by atoms with Crippen LogP contribution in [0.25, 0.3) is 0 Å². The van der Waals surface area contributed by atoms with E-state index in [2.05, 4.69) is 6.92 Å². The van der Waals surface area contributed by atoms with E-state index in [1.807, 2.05) is 0 Å². The molecule has 0 aliphatic rings. The van der Waals surface area contributed by atoms with Gasteiger partial charge in [-0.1, -0.05) is 30.5 Å². The van der Waals surface area contributed by atoms with Gasteiger partial charge in [0.25, 0.3) is 5.24 Å². The molecule has 0 bridgehead atoms. The third kappa shape index (κ3) is 4.58. The summed E-state index contributed by atoms with van der Waals surface area (Å²) in [5.41, 5.74) is 1.98. The van der Waals surface area contributed by atoms with Gasteiger partial charge in [-0.15, -0.1) is 0 Å². The fraction of sp³-hybridized carbons (Fsp3) is 0.417. The average Bonchev–Trinajstić information content (AvgIpc) is 2.26. The molecule has 0 radical (unpaired) electrons. The van der Waals surface area contributed by atoms with Crippen molar-refractivity contribution in [2.24, 2.45) is 0 Å². The van der Waals surface area contributed by atoms with Crippen molar-refractivity contribution in [2.75, 3.05) is 0 Å². The van der Waals surface area contributed by atoms with Gasteiger partial charge in [0.2, 0.25) is 0 Å². The third-order valence-electron chi connectivity index (χ3n) is 2.51. The zero-order valence-electron chi connectivity index (χ0n) is 9.57. The Hall–Kier alpha value is -0.710. The first-order valence-electron chi connectivity index (χ1n) is 5.42. The summed E-state index contributed by atoms with van der Waals surface area (Å²) in [7, 11) is 0. The minimum atomic E-state index is -2.16. The van der Waals surface area contributed by atoms with Gasteiger partial charge in [-0.2, -0.15) is 0 Å². The molecular weight excluding hydrogens is 260 g/mol. The minimum absolute atomic E-state index is 0.0724. The Balaban J connectivity index is 3.02. The standard InChI is InChI=1S/C12H15ClO3S/c1-2-3-4-9-5-6-10(12(13)14)7-11(9)8-17(15)16/h5-7H,2-4,8H2,1H3,(H,15,16)/p-1. The van der Waals surface area contributed by atoms with Crippen LogP contribution in [0.5, 0.6) is 0 Å². The molecule has 94 valence electrons. The molecule has 0 spiro atoms. The molecule has 5 heteroatoms. The SMILES string of the molecule is CCCCc1ccc(C(=O)Cl)cc1CS(=O)[O-]. The van der Waals surface area contributed by atoms with E-state index in [0.717, 1.165) is 24.8 Å². The van der Waals surface area contributed by atoms with Crippen molar-refractivity contribution in [1.29, 1.82) is 0 Å². The van der Waals surface area contributed by atoms with E-state index in [4.69, 9.17) is 11.6 Å². The van der Waals surface area contributed by atoms with E-state index in [1.165, 1.54) is 0 Å². The lowest BCUT2D eigenvalue weighted by Gasteiger charge is -2.12. The summed E-state index contributed by atoms with van der Waals surface area (Å²) in [5.74, 6) is -0.0724. The molecule has 0 fully saturated rings. The molecule has 17 heavy (non-hydrogen) atoms. The molecule has 3 nitrogen and oxygen atoms in total. The van der Waals surface area contributed by atoms with E-state index in [0.29, 0.717) is 11.1 Å². The van der Waals surface area contributed by atoms with Gasteiger partial charge in [-0.3, -0.25) is 9.00 Å². The Labute approximate surface area is 108 Å². The molecule has 1 unspecified atom stereocenters. The van der Waals surface area contributed by atoms with Gasteiger partial charge >= 0.3 is 0 Å². The van der Waals surface area contributed by atoms with Crippen LogP contribution in [0.15, 0.2) is 18.2 Å². The van der Waals surface area contributed by atoms with Crippen molar-refractivity contribution < 1.29 is 13.6 Å². The fourth-order valence-electron chi connectivity index (χ4n) is 1.62. The number of halogens is 1. The number of aryl methyl sites for hydroxylation is 1. The predicted molar refractivity (Wildman–Crippen MR) is 67.9 cm³/mol. The van der Waals surface area contributed by atoms with Crippen LogP contribution in [0.2, 0.25) is 0 Å². The van der Waals surface area contributed by atoms with Gasteiger partial charge in [0.15, 0.2) is 0 Å². The van der Waals surface area contributed by atoms with Crippen molar-refractivity contribution in [2.45, 2.75) is 31.9 Å². The summed E-state index contributed by atoms with van der Waals surface area (Å²) in [6, 6.07) is 4.99. The fourth-order valence-corrected chi connectivity index (χ4v) is 2.26. The number of rotatable bonds is 6. The van der Waals surface area contributed by atoms with Gasteiger partial charge < -0.3 is 4.55 Å². The molecule has 1 aromatic carbocycles.